The maximum absolute atomic E-state index is 12.9. The van der Waals surface area contributed by atoms with Gasteiger partial charge in [0.1, 0.15) is 0 Å². The first-order valence-corrected chi connectivity index (χ1v) is 8.40. The smallest absolute Gasteiger partial charge is 0.227 e. The third kappa shape index (κ3) is 5.49. The van der Waals surface area contributed by atoms with Crippen LogP contribution in [0.1, 0.15) is 44.9 Å². The number of amides is 2. The Morgan fingerprint density at radius 1 is 1.08 bits per heavy atom. The van der Waals surface area contributed by atoms with Gasteiger partial charge in [-0.3, -0.25) is 9.59 Å². The molecule has 0 spiro atoms. The Kier molecular flexibility index (Phi) is 8.22. The summed E-state index contributed by atoms with van der Waals surface area (Å²) in [5, 5.41) is 0. The van der Waals surface area contributed by atoms with E-state index in [9.17, 15) is 9.59 Å². The lowest BCUT2D eigenvalue weighted by Gasteiger charge is -2.37. The first kappa shape index (κ1) is 20.5. The first-order valence-electron chi connectivity index (χ1n) is 8.40. The van der Waals surface area contributed by atoms with E-state index in [-0.39, 0.29) is 30.2 Å². The zero-order valence-corrected chi connectivity index (χ0v) is 14.9. The highest BCUT2D eigenvalue weighted by Crippen LogP contribution is 2.39. The zero-order chi connectivity index (χ0) is 16.7. The van der Waals surface area contributed by atoms with E-state index >= 15 is 0 Å². The molecular weight excluding hydrogens is 326 g/mol. The van der Waals surface area contributed by atoms with Crippen LogP contribution < -0.4 is 16.4 Å². The highest BCUT2D eigenvalue weighted by molar-refractivity contribution is 5.94. The standard InChI is InChI=1S/C18H27N3O2.ClH/c19-14-18(10-5-2-6-11-18)13-17(23)21(12-9-16(20)22)15-7-3-1-4-8-15;/h1,3-4,7-8H,2,5-6,9-14,19H2,(H2,20,22);1H. The van der Waals surface area contributed by atoms with Crippen LogP contribution in [0.4, 0.5) is 5.69 Å². The van der Waals surface area contributed by atoms with Gasteiger partial charge in [0, 0.05) is 25.1 Å². The Hall–Kier alpha value is -1.59. The fraction of sp³-hybridized carbons (Fsp3) is 0.556. The summed E-state index contributed by atoms with van der Waals surface area (Å²) in [5.74, 6) is -0.366. The lowest BCUT2D eigenvalue weighted by atomic mass is 9.71. The fourth-order valence-corrected chi connectivity index (χ4v) is 3.40. The molecule has 0 bridgehead atoms. The summed E-state index contributed by atoms with van der Waals surface area (Å²) in [6.07, 6.45) is 6.11. The molecule has 1 aromatic rings. The summed E-state index contributed by atoms with van der Waals surface area (Å²) in [6.45, 7) is 0.857. The minimum atomic E-state index is -0.398. The lowest BCUT2D eigenvalue weighted by molar-refractivity contribution is -0.121. The Morgan fingerprint density at radius 2 is 1.71 bits per heavy atom. The van der Waals surface area contributed by atoms with Crippen molar-refractivity contribution in [3.05, 3.63) is 30.3 Å². The third-order valence-electron chi connectivity index (χ3n) is 4.82. The Bertz CT molecular complexity index is 530. The minimum absolute atomic E-state index is 0. The predicted octanol–water partition coefficient (Wildman–Crippen LogP) is 2.62. The molecule has 2 amide bonds. The van der Waals surface area contributed by atoms with Crippen molar-refractivity contribution in [1.82, 2.24) is 0 Å². The van der Waals surface area contributed by atoms with Gasteiger partial charge in [-0.2, -0.15) is 0 Å². The van der Waals surface area contributed by atoms with Crippen molar-refractivity contribution in [2.75, 3.05) is 18.0 Å². The highest BCUT2D eigenvalue weighted by Gasteiger charge is 2.34. The molecule has 5 nitrogen and oxygen atoms in total. The summed E-state index contributed by atoms with van der Waals surface area (Å²) in [4.78, 5) is 25.7. The van der Waals surface area contributed by atoms with Gasteiger partial charge in [0.15, 0.2) is 0 Å². The van der Waals surface area contributed by atoms with Gasteiger partial charge in [-0.15, -0.1) is 12.4 Å². The SMILES string of the molecule is Cl.NCC1(CC(=O)N(CCC(N)=O)c2ccccc2)CCCCC1. The monoisotopic (exact) mass is 353 g/mol. The van der Waals surface area contributed by atoms with Gasteiger partial charge in [0.25, 0.3) is 0 Å². The van der Waals surface area contributed by atoms with E-state index in [1.807, 2.05) is 30.3 Å². The van der Waals surface area contributed by atoms with Crippen LogP contribution in [0.15, 0.2) is 30.3 Å². The average Bonchev–Trinajstić information content (AvgIpc) is 2.56. The largest absolute Gasteiger partial charge is 0.370 e. The number of benzene rings is 1. The van der Waals surface area contributed by atoms with Crippen molar-refractivity contribution in [3.63, 3.8) is 0 Å². The number of hydrogen-bond donors (Lipinski definition) is 2. The first-order chi connectivity index (χ1) is 11.1. The van der Waals surface area contributed by atoms with Crippen LogP contribution in [0.3, 0.4) is 0 Å². The van der Waals surface area contributed by atoms with Gasteiger partial charge in [-0.05, 0) is 36.9 Å². The van der Waals surface area contributed by atoms with Gasteiger partial charge in [-0.1, -0.05) is 37.5 Å². The van der Waals surface area contributed by atoms with Gasteiger partial charge >= 0.3 is 0 Å². The van der Waals surface area contributed by atoms with Crippen LogP contribution in [0, 0.1) is 5.41 Å². The molecule has 1 aliphatic rings. The molecule has 0 saturated heterocycles. The van der Waals surface area contributed by atoms with E-state index in [0.29, 0.717) is 19.5 Å². The molecule has 0 aliphatic heterocycles. The predicted molar refractivity (Wildman–Crippen MR) is 99.0 cm³/mol. The number of rotatable bonds is 7. The summed E-state index contributed by atoms with van der Waals surface area (Å²) < 4.78 is 0. The van der Waals surface area contributed by atoms with Gasteiger partial charge in [0.05, 0.1) is 0 Å². The molecular formula is C18H28ClN3O2. The summed E-state index contributed by atoms with van der Waals surface area (Å²) in [5.41, 5.74) is 12.0. The van der Waals surface area contributed by atoms with E-state index in [4.69, 9.17) is 11.5 Å². The molecule has 0 radical (unpaired) electrons. The van der Waals surface area contributed by atoms with E-state index in [0.717, 1.165) is 31.4 Å². The molecule has 24 heavy (non-hydrogen) atoms. The van der Waals surface area contributed by atoms with E-state index in [1.54, 1.807) is 4.90 Å². The van der Waals surface area contributed by atoms with Crippen molar-refractivity contribution in [2.24, 2.45) is 16.9 Å². The fourth-order valence-electron chi connectivity index (χ4n) is 3.40. The second-order valence-corrected chi connectivity index (χ2v) is 6.54. The number of hydrogen-bond acceptors (Lipinski definition) is 3. The molecule has 1 aliphatic carbocycles. The second-order valence-electron chi connectivity index (χ2n) is 6.54. The number of carbonyl (C=O) groups is 2. The number of primary amides is 1. The number of anilines is 1. The van der Waals surface area contributed by atoms with Crippen molar-refractivity contribution in [2.45, 2.75) is 44.9 Å². The number of carbonyl (C=O) groups excluding carboxylic acids is 2. The molecule has 1 fully saturated rings. The molecule has 1 aromatic carbocycles. The molecule has 134 valence electrons. The summed E-state index contributed by atoms with van der Waals surface area (Å²) >= 11 is 0. The Morgan fingerprint density at radius 3 is 2.25 bits per heavy atom. The maximum atomic E-state index is 12.9. The Labute approximate surface area is 150 Å². The van der Waals surface area contributed by atoms with Crippen molar-refractivity contribution >= 4 is 29.9 Å². The summed E-state index contributed by atoms with van der Waals surface area (Å²) in [7, 11) is 0. The van der Waals surface area contributed by atoms with Crippen molar-refractivity contribution in [1.29, 1.82) is 0 Å². The molecule has 1 saturated carbocycles. The molecule has 0 aromatic heterocycles. The Balaban J connectivity index is 0.00000288. The number of para-hydroxylation sites is 1. The third-order valence-corrected chi connectivity index (χ3v) is 4.82. The van der Waals surface area contributed by atoms with Crippen LogP contribution in [-0.4, -0.2) is 24.9 Å². The lowest BCUT2D eigenvalue weighted by Crippen LogP contribution is -2.41. The quantitative estimate of drug-likeness (QED) is 0.789. The summed E-state index contributed by atoms with van der Waals surface area (Å²) in [6, 6.07) is 9.45. The molecule has 0 unspecified atom stereocenters. The number of nitrogens with two attached hydrogens (primary N) is 2. The van der Waals surface area contributed by atoms with E-state index in [2.05, 4.69) is 0 Å². The van der Waals surface area contributed by atoms with Crippen molar-refractivity contribution in [3.8, 4) is 0 Å². The van der Waals surface area contributed by atoms with Crippen LogP contribution in [0.5, 0.6) is 0 Å². The van der Waals surface area contributed by atoms with Gasteiger partial charge in [-0.25, -0.2) is 0 Å². The molecule has 0 heterocycles. The molecule has 6 heteroatoms. The molecule has 4 N–H and O–H groups in total. The van der Waals surface area contributed by atoms with Crippen LogP contribution in [0.25, 0.3) is 0 Å². The number of halogens is 1. The topological polar surface area (TPSA) is 89.4 Å². The van der Waals surface area contributed by atoms with Crippen LogP contribution in [0.2, 0.25) is 0 Å². The number of nitrogens with zero attached hydrogens (tertiary/aromatic N) is 1. The van der Waals surface area contributed by atoms with Gasteiger partial charge < -0.3 is 16.4 Å². The second kappa shape index (κ2) is 9.64. The average molecular weight is 354 g/mol. The van der Waals surface area contributed by atoms with Crippen molar-refractivity contribution < 1.29 is 9.59 Å². The van der Waals surface area contributed by atoms with Crippen LogP contribution >= 0.6 is 12.4 Å². The van der Waals surface area contributed by atoms with Crippen LogP contribution in [-0.2, 0) is 9.59 Å². The van der Waals surface area contributed by atoms with E-state index in [1.165, 1.54) is 6.42 Å². The zero-order valence-electron chi connectivity index (χ0n) is 14.1. The molecule has 0 atom stereocenters. The van der Waals surface area contributed by atoms with E-state index < -0.39 is 5.91 Å². The van der Waals surface area contributed by atoms with Gasteiger partial charge in [0.2, 0.25) is 11.8 Å². The molecule has 2 rings (SSSR count). The maximum Gasteiger partial charge on any atom is 0.227 e. The minimum Gasteiger partial charge on any atom is -0.370 e. The highest BCUT2D eigenvalue weighted by atomic mass is 35.5. The normalized spacial score (nSPS) is 16.0.